The van der Waals surface area contributed by atoms with Crippen LogP contribution >= 0.6 is 0 Å². The molecule has 3 heterocycles. The Morgan fingerprint density at radius 2 is 2.21 bits per heavy atom. The van der Waals surface area contributed by atoms with Gasteiger partial charge in [-0.1, -0.05) is 0 Å². The van der Waals surface area contributed by atoms with E-state index < -0.39 is 0 Å². The Morgan fingerprint density at radius 1 is 1.33 bits per heavy atom. The second kappa shape index (κ2) is 5.54. The molecule has 6 nitrogen and oxygen atoms in total. The standard InChI is InChI=1S/C18H20N4O2/c1-12-19-9-13-5-7-18(16(13)21-12)6-2-8-22(11-18)17(24)14-3-4-15(23)20-10-14/h3-4,9-10H,2,5-8,11H2,1H3,(H,20,23). The maximum absolute atomic E-state index is 12.8. The normalized spacial score (nSPS) is 22.6. The lowest BCUT2D eigenvalue weighted by molar-refractivity contribution is 0.0633. The van der Waals surface area contributed by atoms with E-state index >= 15 is 0 Å². The zero-order valence-electron chi connectivity index (χ0n) is 13.7. The van der Waals surface area contributed by atoms with Crippen molar-refractivity contribution in [1.82, 2.24) is 19.9 Å². The molecule has 1 atom stereocenters. The van der Waals surface area contributed by atoms with E-state index in [2.05, 4.69) is 9.97 Å². The lowest BCUT2D eigenvalue weighted by atomic mass is 9.77. The number of piperidine rings is 1. The van der Waals surface area contributed by atoms with Crippen LogP contribution in [0.4, 0.5) is 0 Å². The van der Waals surface area contributed by atoms with Crippen LogP contribution in [0.2, 0.25) is 0 Å². The summed E-state index contributed by atoms with van der Waals surface area (Å²) in [5.74, 6) is 0.767. The van der Waals surface area contributed by atoms with Gasteiger partial charge in [0.05, 0.1) is 11.3 Å². The van der Waals surface area contributed by atoms with Gasteiger partial charge in [-0.25, -0.2) is 9.97 Å². The van der Waals surface area contributed by atoms with Crippen molar-refractivity contribution in [3.63, 3.8) is 0 Å². The minimum Gasteiger partial charge on any atom is -0.338 e. The topological polar surface area (TPSA) is 79.0 Å². The fourth-order valence-corrected chi connectivity index (χ4v) is 4.06. The molecule has 2 aromatic rings. The van der Waals surface area contributed by atoms with Crippen LogP contribution in [0.25, 0.3) is 0 Å². The molecule has 1 amide bonds. The number of H-pyrrole nitrogens is 1. The van der Waals surface area contributed by atoms with Crippen LogP contribution < -0.4 is 5.56 Å². The lowest BCUT2D eigenvalue weighted by Crippen LogP contribution is -2.48. The third kappa shape index (κ3) is 2.42. The van der Waals surface area contributed by atoms with Crippen molar-refractivity contribution >= 4 is 5.91 Å². The van der Waals surface area contributed by atoms with E-state index in [1.165, 1.54) is 17.8 Å². The number of aromatic nitrogens is 3. The summed E-state index contributed by atoms with van der Waals surface area (Å²) in [6.07, 6.45) is 7.48. The highest BCUT2D eigenvalue weighted by Gasteiger charge is 2.44. The third-order valence-electron chi connectivity index (χ3n) is 5.26. The molecular weight excluding hydrogens is 304 g/mol. The Kier molecular flexibility index (Phi) is 3.48. The van der Waals surface area contributed by atoms with E-state index in [0.717, 1.165) is 43.7 Å². The number of fused-ring (bicyclic) bond motifs is 2. The van der Waals surface area contributed by atoms with E-state index in [1.807, 2.05) is 18.0 Å². The van der Waals surface area contributed by atoms with Gasteiger partial charge < -0.3 is 9.88 Å². The van der Waals surface area contributed by atoms with Crippen molar-refractivity contribution in [2.75, 3.05) is 13.1 Å². The average molecular weight is 324 g/mol. The van der Waals surface area contributed by atoms with Gasteiger partial charge in [0, 0.05) is 37.0 Å². The molecule has 124 valence electrons. The summed E-state index contributed by atoms with van der Waals surface area (Å²) in [5, 5.41) is 0. The van der Waals surface area contributed by atoms with E-state index in [0.29, 0.717) is 12.1 Å². The predicted octanol–water partition coefficient (Wildman–Crippen LogP) is 1.59. The van der Waals surface area contributed by atoms with Gasteiger partial charge in [0.1, 0.15) is 5.82 Å². The molecule has 4 rings (SSSR count). The molecule has 1 N–H and O–H groups in total. The first-order valence-electron chi connectivity index (χ1n) is 8.38. The molecule has 0 bridgehead atoms. The Labute approximate surface area is 140 Å². The molecule has 0 saturated carbocycles. The van der Waals surface area contributed by atoms with Crippen molar-refractivity contribution < 1.29 is 4.79 Å². The number of hydrogen-bond donors (Lipinski definition) is 1. The zero-order valence-corrected chi connectivity index (χ0v) is 13.7. The fourth-order valence-electron chi connectivity index (χ4n) is 4.06. The average Bonchev–Trinajstić information content (AvgIpc) is 2.92. The summed E-state index contributed by atoms with van der Waals surface area (Å²) < 4.78 is 0. The molecular formula is C18H20N4O2. The molecule has 2 aromatic heterocycles. The summed E-state index contributed by atoms with van der Waals surface area (Å²) in [7, 11) is 0. The Bertz CT molecular complexity index is 836. The van der Waals surface area contributed by atoms with Crippen molar-refractivity contribution in [2.45, 2.75) is 38.0 Å². The summed E-state index contributed by atoms with van der Waals surface area (Å²) >= 11 is 0. The third-order valence-corrected chi connectivity index (χ3v) is 5.26. The molecule has 24 heavy (non-hydrogen) atoms. The number of pyridine rings is 1. The summed E-state index contributed by atoms with van der Waals surface area (Å²) in [4.78, 5) is 37.5. The van der Waals surface area contributed by atoms with E-state index in [-0.39, 0.29) is 16.9 Å². The smallest absolute Gasteiger partial charge is 0.255 e. The number of aromatic amines is 1. The number of likely N-dealkylation sites (tertiary alicyclic amines) is 1. The van der Waals surface area contributed by atoms with Crippen LogP contribution in [0.15, 0.2) is 29.3 Å². The summed E-state index contributed by atoms with van der Waals surface area (Å²) in [6, 6.07) is 2.99. The predicted molar refractivity (Wildman–Crippen MR) is 89.0 cm³/mol. The van der Waals surface area contributed by atoms with Gasteiger partial charge in [-0.2, -0.15) is 0 Å². The molecule has 1 aliphatic heterocycles. The molecule has 1 saturated heterocycles. The quantitative estimate of drug-likeness (QED) is 0.864. The van der Waals surface area contributed by atoms with Gasteiger partial charge in [0.25, 0.3) is 5.91 Å². The Morgan fingerprint density at radius 3 is 3.00 bits per heavy atom. The Balaban J connectivity index is 1.63. The number of carbonyl (C=O) groups is 1. The fraction of sp³-hybridized carbons (Fsp3) is 0.444. The van der Waals surface area contributed by atoms with Crippen LogP contribution in [-0.4, -0.2) is 38.8 Å². The van der Waals surface area contributed by atoms with Crippen LogP contribution in [0.1, 0.15) is 46.7 Å². The van der Waals surface area contributed by atoms with E-state index in [4.69, 9.17) is 4.98 Å². The molecule has 0 aromatic carbocycles. The number of nitrogens with one attached hydrogen (secondary N) is 1. The first-order chi connectivity index (χ1) is 11.6. The number of carbonyl (C=O) groups excluding carboxylic acids is 1. The van der Waals surface area contributed by atoms with Gasteiger partial charge in [0.2, 0.25) is 5.56 Å². The number of rotatable bonds is 1. The highest BCUT2D eigenvalue weighted by molar-refractivity contribution is 5.94. The van der Waals surface area contributed by atoms with E-state index in [1.54, 1.807) is 6.07 Å². The van der Waals surface area contributed by atoms with Crippen molar-refractivity contribution in [3.05, 3.63) is 57.5 Å². The SMILES string of the molecule is Cc1ncc2c(n1)C1(CCCN(C(=O)c3ccc(=O)[nH]c3)C1)CC2. The molecule has 0 radical (unpaired) electrons. The monoisotopic (exact) mass is 324 g/mol. The first kappa shape index (κ1) is 15.1. The van der Waals surface area contributed by atoms with Crippen LogP contribution in [0.3, 0.4) is 0 Å². The van der Waals surface area contributed by atoms with Gasteiger partial charge in [-0.3, -0.25) is 9.59 Å². The molecule has 1 spiro atoms. The van der Waals surface area contributed by atoms with Gasteiger partial charge >= 0.3 is 0 Å². The lowest BCUT2D eigenvalue weighted by Gasteiger charge is -2.40. The molecule has 1 aliphatic carbocycles. The highest BCUT2D eigenvalue weighted by atomic mass is 16.2. The van der Waals surface area contributed by atoms with Crippen molar-refractivity contribution in [3.8, 4) is 0 Å². The number of aryl methyl sites for hydroxylation is 2. The minimum atomic E-state index is -0.196. The van der Waals surface area contributed by atoms with Crippen molar-refractivity contribution in [1.29, 1.82) is 0 Å². The second-order valence-electron chi connectivity index (χ2n) is 6.84. The Hall–Kier alpha value is -2.50. The van der Waals surface area contributed by atoms with Gasteiger partial charge in [-0.15, -0.1) is 0 Å². The zero-order chi connectivity index (χ0) is 16.7. The van der Waals surface area contributed by atoms with Crippen LogP contribution in [0.5, 0.6) is 0 Å². The maximum Gasteiger partial charge on any atom is 0.255 e. The molecule has 1 unspecified atom stereocenters. The first-order valence-corrected chi connectivity index (χ1v) is 8.38. The largest absolute Gasteiger partial charge is 0.338 e. The van der Waals surface area contributed by atoms with E-state index in [9.17, 15) is 9.59 Å². The molecule has 1 fully saturated rings. The number of amides is 1. The van der Waals surface area contributed by atoms with Crippen molar-refractivity contribution in [2.24, 2.45) is 0 Å². The molecule has 2 aliphatic rings. The number of nitrogens with zero attached hydrogens (tertiary/aromatic N) is 3. The maximum atomic E-state index is 12.8. The van der Waals surface area contributed by atoms with Gasteiger partial charge in [-0.05, 0) is 44.2 Å². The van der Waals surface area contributed by atoms with Gasteiger partial charge in [0.15, 0.2) is 0 Å². The highest BCUT2D eigenvalue weighted by Crippen LogP contribution is 2.43. The summed E-state index contributed by atoms with van der Waals surface area (Å²) in [6.45, 7) is 3.35. The van der Waals surface area contributed by atoms with Crippen LogP contribution in [0, 0.1) is 6.92 Å². The number of hydrogen-bond acceptors (Lipinski definition) is 4. The molecule has 6 heteroatoms. The second-order valence-corrected chi connectivity index (χ2v) is 6.84. The minimum absolute atomic E-state index is 0.0236. The summed E-state index contributed by atoms with van der Waals surface area (Å²) in [5.41, 5.74) is 2.65. The van der Waals surface area contributed by atoms with Crippen LogP contribution in [-0.2, 0) is 11.8 Å².